The van der Waals surface area contributed by atoms with Gasteiger partial charge in [-0.1, -0.05) is 20.3 Å². The molecular formula is C21H28FN3O3. The number of amides is 3. The lowest BCUT2D eigenvalue weighted by Crippen LogP contribution is -2.47. The quantitative estimate of drug-likeness (QED) is 0.723. The molecule has 7 heteroatoms. The van der Waals surface area contributed by atoms with Gasteiger partial charge in [0.15, 0.2) is 0 Å². The van der Waals surface area contributed by atoms with Gasteiger partial charge in [0.1, 0.15) is 17.2 Å². The summed E-state index contributed by atoms with van der Waals surface area (Å²) in [5, 5.41) is 6.66. The summed E-state index contributed by atoms with van der Waals surface area (Å²) in [4.78, 5) is 24.1. The standard InChI is InChI=1S/C21H28FN3O3/c1-11(2)18(19-12(3)16-10-14(22)7-8-17(16)28-19)25-21(27)24-15-6-4-5-13(9-15)20(23)26/h7-8,10-11,13,15,18H,4-6,9H2,1-3H3,(H2,23,26)(H2,24,25,27). The van der Waals surface area contributed by atoms with E-state index < -0.39 is 0 Å². The van der Waals surface area contributed by atoms with Crippen LogP contribution in [-0.2, 0) is 4.79 Å². The second-order valence-electron chi connectivity index (χ2n) is 8.03. The number of nitrogens with two attached hydrogens (primary N) is 1. The molecule has 3 atom stereocenters. The fourth-order valence-electron chi connectivity index (χ4n) is 3.99. The van der Waals surface area contributed by atoms with E-state index in [2.05, 4.69) is 10.6 Å². The molecule has 6 nitrogen and oxygen atoms in total. The number of aryl methyl sites for hydroxylation is 1. The predicted molar refractivity (Wildman–Crippen MR) is 105 cm³/mol. The Labute approximate surface area is 164 Å². The van der Waals surface area contributed by atoms with Crippen molar-refractivity contribution in [2.75, 3.05) is 0 Å². The highest BCUT2D eigenvalue weighted by atomic mass is 19.1. The fraction of sp³-hybridized carbons (Fsp3) is 0.524. The second-order valence-corrected chi connectivity index (χ2v) is 8.03. The van der Waals surface area contributed by atoms with E-state index in [4.69, 9.17) is 10.2 Å². The topological polar surface area (TPSA) is 97.4 Å². The van der Waals surface area contributed by atoms with Gasteiger partial charge >= 0.3 is 6.03 Å². The lowest BCUT2D eigenvalue weighted by molar-refractivity contribution is -0.122. The molecule has 0 bridgehead atoms. The van der Waals surface area contributed by atoms with Crippen molar-refractivity contribution in [2.45, 2.75) is 58.5 Å². The Kier molecular flexibility index (Phi) is 5.91. The zero-order valence-corrected chi connectivity index (χ0v) is 16.5. The van der Waals surface area contributed by atoms with Gasteiger partial charge in [-0.05, 0) is 50.3 Å². The largest absolute Gasteiger partial charge is 0.459 e. The van der Waals surface area contributed by atoms with Crippen LogP contribution in [-0.4, -0.2) is 18.0 Å². The number of benzene rings is 1. The molecule has 1 fully saturated rings. The van der Waals surface area contributed by atoms with Crippen LogP contribution < -0.4 is 16.4 Å². The third-order valence-corrected chi connectivity index (χ3v) is 5.58. The molecule has 2 aromatic rings. The minimum absolute atomic E-state index is 0.0691. The number of halogens is 1. The van der Waals surface area contributed by atoms with Gasteiger partial charge in [-0.2, -0.15) is 0 Å². The molecule has 1 aromatic carbocycles. The first-order valence-corrected chi connectivity index (χ1v) is 9.81. The maximum absolute atomic E-state index is 13.6. The molecule has 0 spiro atoms. The molecule has 1 saturated carbocycles. The smallest absolute Gasteiger partial charge is 0.315 e. The van der Waals surface area contributed by atoms with Gasteiger partial charge in [-0.15, -0.1) is 0 Å². The maximum atomic E-state index is 13.6. The highest BCUT2D eigenvalue weighted by Gasteiger charge is 2.29. The molecule has 3 amide bonds. The molecular weight excluding hydrogens is 361 g/mol. The van der Waals surface area contributed by atoms with E-state index in [0.717, 1.165) is 24.8 Å². The number of fused-ring (bicyclic) bond motifs is 1. The Bertz CT molecular complexity index is 877. The SMILES string of the molecule is Cc1c(C(NC(=O)NC2CCCC(C(N)=O)C2)C(C)C)oc2ccc(F)cc12. The maximum Gasteiger partial charge on any atom is 0.315 e. The summed E-state index contributed by atoms with van der Waals surface area (Å²) >= 11 is 0. The monoisotopic (exact) mass is 389 g/mol. The van der Waals surface area contributed by atoms with Crippen molar-refractivity contribution >= 4 is 22.9 Å². The van der Waals surface area contributed by atoms with E-state index in [1.54, 1.807) is 6.07 Å². The van der Waals surface area contributed by atoms with Crippen LogP contribution in [0.25, 0.3) is 11.0 Å². The highest BCUT2D eigenvalue weighted by molar-refractivity contribution is 5.83. The minimum Gasteiger partial charge on any atom is -0.459 e. The van der Waals surface area contributed by atoms with Crippen LogP contribution in [0.3, 0.4) is 0 Å². The number of carbonyl (C=O) groups excluding carboxylic acids is 2. The average molecular weight is 389 g/mol. The van der Waals surface area contributed by atoms with Gasteiger partial charge < -0.3 is 20.8 Å². The lowest BCUT2D eigenvalue weighted by Gasteiger charge is -2.29. The number of urea groups is 1. The Morgan fingerprint density at radius 2 is 2.04 bits per heavy atom. The Morgan fingerprint density at radius 3 is 2.71 bits per heavy atom. The Hall–Kier alpha value is -2.57. The van der Waals surface area contributed by atoms with Crippen LogP contribution in [0.15, 0.2) is 22.6 Å². The van der Waals surface area contributed by atoms with Gasteiger partial charge in [0.2, 0.25) is 5.91 Å². The van der Waals surface area contributed by atoms with Crippen molar-refractivity contribution in [3.05, 3.63) is 35.3 Å². The van der Waals surface area contributed by atoms with Crippen LogP contribution in [0, 0.1) is 24.6 Å². The first kappa shape index (κ1) is 20.2. The summed E-state index contributed by atoms with van der Waals surface area (Å²) in [6, 6.07) is 3.67. The first-order valence-electron chi connectivity index (χ1n) is 9.81. The molecule has 0 saturated heterocycles. The van der Waals surface area contributed by atoms with E-state index in [1.165, 1.54) is 12.1 Å². The number of primary amides is 1. The van der Waals surface area contributed by atoms with Crippen LogP contribution in [0.4, 0.5) is 9.18 Å². The summed E-state index contributed by atoms with van der Waals surface area (Å²) in [5.74, 6) is -0.121. The van der Waals surface area contributed by atoms with E-state index in [1.807, 2.05) is 20.8 Å². The van der Waals surface area contributed by atoms with Gasteiger partial charge in [-0.3, -0.25) is 4.79 Å². The molecule has 0 radical (unpaired) electrons. The molecule has 0 aliphatic heterocycles. The normalized spacial score (nSPS) is 20.9. The lowest BCUT2D eigenvalue weighted by atomic mass is 9.85. The molecule has 3 rings (SSSR count). The Balaban J connectivity index is 1.74. The summed E-state index contributed by atoms with van der Waals surface area (Å²) in [7, 11) is 0. The number of hydrogen-bond donors (Lipinski definition) is 3. The van der Waals surface area contributed by atoms with Crippen LogP contribution in [0.1, 0.15) is 56.9 Å². The van der Waals surface area contributed by atoms with E-state index >= 15 is 0 Å². The number of carbonyl (C=O) groups is 2. The highest BCUT2D eigenvalue weighted by Crippen LogP contribution is 2.33. The molecule has 1 aromatic heterocycles. The molecule has 1 aliphatic carbocycles. The minimum atomic E-state index is -0.356. The summed E-state index contributed by atoms with van der Waals surface area (Å²) in [6.07, 6.45) is 3.03. The predicted octanol–water partition coefficient (Wildman–Crippen LogP) is 3.92. The molecule has 3 unspecified atom stereocenters. The van der Waals surface area contributed by atoms with Crippen LogP contribution in [0.5, 0.6) is 0 Å². The van der Waals surface area contributed by atoms with Crippen molar-refractivity contribution < 1.29 is 18.4 Å². The van der Waals surface area contributed by atoms with Gasteiger partial charge in [0, 0.05) is 22.9 Å². The zero-order valence-electron chi connectivity index (χ0n) is 16.5. The average Bonchev–Trinajstić information content (AvgIpc) is 2.95. The molecule has 28 heavy (non-hydrogen) atoms. The van der Waals surface area contributed by atoms with Crippen molar-refractivity contribution in [2.24, 2.45) is 17.6 Å². The number of nitrogens with one attached hydrogen (secondary N) is 2. The third kappa shape index (κ3) is 4.29. The van der Waals surface area contributed by atoms with Crippen LogP contribution >= 0.6 is 0 Å². The van der Waals surface area contributed by atoms with Gasteiger partial charge in [-0.25, -0.2) is 9.18 Å². The molecule has 4 N–H and O–H groups in total. The number of furan rings is 1. The van der Waals surface area contributed by atoms with Crippen molar-refractivity contribution in [1.82, 2.24) is 10.6 Å². The fourth-order valence-corrected chi connectivity index (χ4v) is 3.99. The first-order chi connectivity index (χ1) is 13.3. The number of rotatable bonds is 5. The van der Waals surface area contributed by atoms with E-state index in [-0.39, 0.29) is 41.7 Å². The summed E-state index contributed by atoms with van der Waals surface area (Å²) in [6.45, 7) is 5.85. The van der Waals surface area contributed by atoms with Crippen molar-refractivity contribution in [1.29, 1.82) is 0 Å². The second kappa shape index (κ2) is 8.20. The van der Waals surface area contributed by atoms with E-state index in [0.29, 0.717) is 23.2 Å². The summed E-state index contributed by atoms with van der Waals surface area (Å²) in [5.41, 5.74) is 6.83. The zero-order chi connectivity index (χ0) is 20.4. The Morgan fingerprint density at radius 1 is 1.29 bits per heavy atom. The third-order valence-electron chi connectivity index (χ3n) is 5.58. The van der Waals surface area contributed by atoms with Crippen molar-refractivity contribution in [3.63, 3.8) is 0 Å². The summed E-state index contributed by atoms with van der Waals surface area (Å²) < 4.78 is 19.5. The van der Waals surface area contributed by atoms with Gasteiger partial charge in [0.05, 0.1) is 6.04 Å². The number of hydrogen-bond acceptors (Lipinski definition) is 3. The van der Waals surface area contributed by atoms with E-state index in [9.17, 15) is 14.0 Å². The van der Waals surface area contributed by atoms with Crippen LogP contribution in [0.2, 0.25) is 0 Å². The molecule has 1 aliphatic rings. The van der Waals surface area contributed by atoms with Crippen molar-refractivity contribution in [3.8, 4) is 0 Å². The molecule has 152 valence electrons. The molecule has 1 heterocycles. The van der Waals surface area contributed by atoms with Gasteiger partial charge in [0.25, 0.3) is 0 Å².